The van der Waals surface area contributed by atoms with Crippen LogP contribution < -0.4 is 0 Å². The molecule has 12 heavy (non-hydrogen) atoms. The Morgan fingerprint density at radius 3 is 2.17 bits per heavy atom. The highest BCUT2D eigenvalue weighted by Gasteiger charge is 2.04. The van der Waals surface area contributed by atoms with Crippen LogP contribution in [0.25, 0.3) is 0 Å². The minimum absolute atomic E-state index is 0.00903. The largest absolute Gasteiger partial charge is 0.395 e. The average Bonchev–Trinajstić information content (AvgIpc) is 2.17. The highest BCUT2D eigenvalue weighted by atomic mass is 79.9. The molecular formula is C9H11BrO2. The van der Waals surface area contributed by atoms with E-state index >= 15 is 0 Å². The van der Waals surface area contributed by atoms with Crippen molar-refractivity contribution < 1.29 is 10.2 Å². The fourth-order valence-electron chi connectivity index (χ4n) is 0.937. The van der Waals surface area contributed by atoms with E-state index in [1.807, 2.05) is 24.3 Å². The molecule has 0 saturated carbocycles. The average molecular weight is 231 g/mol. The second-order valence-corrected chi connectivity index (χ2v) is 3.66. The fraction of sp³-hybridized carbons (Fsp3) is 0.333. The van der Waals surface area contributed by atoms with Crippen molar-refractivity contribution in [1.82, 2.24) is 0 Å². The molecule has 0 saturated heterocycles. The van der Waals surface area contributed by atoms with E-state index in [-0.39, 0.29) is 18.0 Å². The van der Waals surface area contributed by atoms with Crippen LogP contribution in [0.15, 0.2) is 24.3 Å². The standard InChI is InChI=1S/C9H11BrO2/c10-9(6-12)8-3-1-7(5-11)2-4-8/h1-4,9,11-12H,5-6H2. The van der Waals surface area contributed by atoms with Crippen LogP contribution in [0.2, 0.25) is 0 Å². The minimum atomic E-state index is -0.00903. The van der Waals surface area contributed by atoms with Crippen LogP contribution in [-0.2, 0) is 6.61 Å². The molecule has 1 aromatic carbocycles. The summed E-state index contributed by atoms with van der Waals surface area (Å²) in [5.74, 6) is 0. The Hall–Kier alpha value is -0.380. The Morgan fingerprint density at radius 1 is 1.17 bits per heavy atom. The van der Waals surface area contributed by atoms with Gasteiger partial charge in [0.25, 0.3) is 0 Å². The Kier molecular flexibility index (Phi) is 3.72. The molecule has 1 aromatic rings. The summed E-state index contributed by atoms with van der Waals surface area (Å²) in [5.41, 5.74) is 1.91. The maximum Gasteiger partial charge on any atom is 0.0681 e. The molecule has 1 unspecified atom stereocenters. The SMILES string of the molecule is OCc1ccc(C(Br)CO)cc1. The number of hydrogen-bond donors (Lipinski definition) is 2. The number of halogens is 1. The summed E-state index contributed by atoms with van der Waals surface area (Å²) < 4.78 is 0. The Morgan fingerprint density at radius 2 is 1.75 bits per heavy atom. The number of benzene rings is 1. The molecule has 0 aromatic heterocycles. The highest BCUT2D eigenvalue weighted by molar-refractivity contribution is 9.09. The van der Waals surface area contributed by atoms with E-state index < -0.39 is 0 Å². The van der Waals surface area contributed by atoms with E-state index in [9.17, 15) is 0 Å². The van der Waals surface area contributed by atoms with Crippen molar-refractivity contribution in [3.8, 4) is 0 Å². The topological polar surface area (TPSA) is 40.5 Å². The molecule has 0 aliphatic rings. The van der Waals surface area contributed by atoms with Gasteiger partial charge in [0.1, 0.15) is 0 Å². The molecule has 1 rings (SSSR count). The van der Waals surface area contributed by atoms with Crippen LogP contribution in [-0.4, -0.2) is 16.8 Å². The van der Waals surface area contributed by atoms with Gasteiger partial charge in [-0.15, -0.1) is 0 Å². The van der Waals surface area contributed by atoms with Crippen molar-refractivity contribution >= 4 is 15.9 Å². The van der Waals surface area contributed by atoms with Crippen LogP contribution in [0, 0.1) is 0 Å². The third kappa shape index (κ3) is 2.30. The minimum Gasteiger partial charge on any atom is -0.395 e. The predicted molar refractivity (Wildman–Crippen MR) is 51.1 cm³/mol. The van der Waals surface area contributed by atoms with Gasteiger partial charge in [0.05, 0.1) is 18.0 Å². The van der Waals surface area contributed by atoms with Crippen molar-refractivity contribution in [2.75, 3.05) is 6.61 Å². The summed E-state index contributed by atoms with van der Waals surface area (Å²) in [4.78, 5) is -0.00903. The zero-order valence-corrected chi connectivity index (χ0v) is 8.16. The van der Waals surface area contributed by atoms with Gasteiger partial charge in [-0.05, 0) is 11.1 Å². The number of alkyl halides is 1. The smallest absolute Gasteiger partial charge is 0.0681 e. The van der Waals surface area contributed by atoms with Crippen LogP contribution in [0.5, 0.6) is 0 Å². The Balaban J connectivity index is 2.77. The Labute approximate surface area is 80.0 Å². The van der Waals surface area contributed by atoms with Crippen LogP contribution >= 0.6 is 15.9 Å². The third-order valence-electron chi connectivity index (χ3n) is 1.68. The quantitative estimate of drug-likeness (QED) is 0.776. The first kappa shape index (κ1) is 9.71. The maximum absolute atomic E-state index is 8.82. The summed E-state index contributed by atoms with van der Waals surface area (Å²) in [5, 5.41) is 17.6. The first-order valence-electron chi connectivity index (χ1n) is 3.72. The maximum atomic E-state index is 8.82. The number of aliphatic hydroxyl groups is 2. The van der Waals surface area contributed by atoms with Crippen molar-refractivity contribution in [3.05, 3.63) is 35.4 Å². The van der Waals surface area contributed by atoms with E-state index in [2.05, 4.69) is 15.9 Å². The van der Waals surface area contributed by atoms with Gasteiger partial charge in [0.2, 0.25) is 0 Å². The number of aliphatic hydroxyl groups excluding tert-OH is 2. The molecule has 1 atom stereocenters. The van der Waals surface area contributed by atoms with E-state index in [0.717, 1.165) is 11.1 Å². The zero-order chi connectivity index (χ0) is 8.97. The van der Waals surface area contributed by atoms with Gasteiger partial charge < -0.3 is 10.2 Å². The number of hydrogen-bond acceptors (Lipinski definition) is 2. The van der Waals surface area contributed by atoms with Crippen molar-refractivity contribution in [1.29, 1.82) is 0 Å². The number of rotatable bonds is 3. The van der Waals surface area contributed by atoms with Gasteiger partial charge in [-0.25, -0.2) is 0 Å². The van der Waals surface area contributed by atoms with Crippen LogP contribution in [0.3, 0.4) is 0 Å². The molecule has 2 nitrogen and oxygen atoms in total. The van der Waals surface area contributed by atoms with Crippen molar-refractivity contribution in [3.63, 3.8) is 0 Å². The molecule has 0 heterocycles. The third-order valence-corrected chi connectivity index (χ3v) is 2.50. The van der Waals surface area contributed by atoms with E-state index in [0.29, 0.717) is 0 Å². The monoisotopic (exact) mass is 230 g/mol. The lowest BCUT2D eigenvalue weighted by Crippen LogP contribution is -1.95. The van der Waals surface area contributed by atoms with Gasteiger partial charge in [-0.2, -0.15) is 0 Å². The summed E-state index contributed by atoms with van der Waals surface area (Å²) in [6.45, 7) is 0.144. The second-order valence-electron chi connectivity index (χ2n) is 2.55. The van der Waals surface area contributed by atoms with Gasteiger partial charge in [-0.3, -0.25) is 0 Å². The fourth-order valence-corrected chi connectivity index (χ4v) is 1.24. The summed E-state index contributed by atoms with van der Waals surface area (Å²) in [6.07, 6.45) is 0. The molecule has 0 fully saturated rings. The van der Waals surface area contributed by atoms with Crippen molar-refractivity contribution in [2.45, 2.75) is 11.4 Å². The van der Waals surface area contributed by atoms with Gasteiger partial charge in [0.15, 0.2) is 0 Å². The predicted octanol–water partition coefficient (Wildman–Crippen LogP) is 1.61. The first-order valence-corrected chi connectivity index (χ1v) is 4.64. The van der Waals surface area contributed by atoms with Crippen molar-refractivity contribution in [2.24, 2.45) is 0 Å². The lowest BCUT2D eigenvalue weighted by atomic mass is 10.1. The lowest BCUT2D eigenvalue weighted by molar-refractivity contribution is 0.281. The summed E-state index contributed by atoms with van der Waals surface area (Å²) >= 11 is 3.32. The molecular weight excluding hydrogens is 220 g/mol. The molecule has 0 aliphatic carbocycles. The molecule has 0 radical (unpaired) electrons. The molecule has 0 amide bonds. The lowest BCUT2D eigenvalue weighted by Gasteiger charge is -2.06. The Bertz CT molecular complexity index is 233. The molecule has 0 bridgehead atoms. The van der Waals surface area contributed by atoms with E-state index in [1.54, 1.807) is 0 Å². The normalized spacial score (nSPS) is 12.9. The summed E-state index contributed by atoms with van der Waals surface area (Å²) in [6, 6.07) is 7.47. The van der Waals surface area contributed by atoms with Gasteiger partial charge in [0, 0.05) is 0 Å². The van der Waals surface area contributed by atoms with Crippen LogP contribution in [0.1, 0.15) is 16.0 Å². The van der Waals surface area contributed by atoms with E-state index in [1.165, 1.54) is 0 Å². The van der Waals surface area contributed by atoms with Crippen LogP contribution in [0.4, 0.5) is 0 Å². The summed E-state index contributed by atoms with van der Waals surface area (Å²) in [7, 11) is 0. The molecule has 2 N–H and O–H groups in total. The molecule has 3 heteroatoms. The highest BCUT2D eigenvalue weighted by Crippen LogP contribution is 2.21. The first-order chi connectivity index (χ1) is 5.77. The molecule has 66 valence electrons. The zero-order valence-electron chi connectivity index (χ0n) is 6.57. The molecule has 0 spiro atoms. The van der Waals surface area contributed by atoms with Gasteiger partial charge in [-0.1, -0.05) is 40.2 Å². The van der Waals surface area contributed by atoms with Gasteiger partial charge >= 0.3 is 0 Å². The molecule has 0 aliphatic heterocycles. The second kappa shape index (κ2) is 4.60. The van der Waals surface area contributed by atoms with E-state index in [4.69, 9.17) is 10.2 Å².